The molecule has 0 bridgehead atoms. The van der Waals surface area contributed by atoms with E-state index in [9.17, 15) is 18.0 Å². The first-order valence-corrected chi connectivity index (χ1v) is 10.9. The van der Waals surface area contributed by atoms with Gasteiger partial charge in [-0.25, -0.2) is 8.42 Å². The number of rotatable bonds is 4. The predicted molar refractivity (Wildman–Crippen MR) is 109 cm³/mol. The molecule has 2 heterocycles. The minimum Gasteiger partial charge on any atom is -0.490 e. The van der Waals surface area contributed by atoms with E-state index < -0.39 is 22.5 Å². The first-order chi connectivity index (χ1) is 14.4. The number of ether oxygens (including phenoxy) is 2. The summed E-state index contributed by atoms with van der Waals surface area (Å²) in [5.41, 5.74) is 1.04. The number of fused-ring (bicyclic) bond motifs is 2. The van der Waals surface area contributed by atoms with Crippen LogP contribution in [0.25, 0.3) is 0 Å². The molecule has 4 rings (SSSR count). The van der Waals surface area contributed by atoms with Gasteiger partial charge in [0, 0.05) is 19.5 Å². The van der Waals surface area contributed by atoms with Gasteiger partial charge in [0.25, 0.3) is 0 Å². The molecule has 2 aliphatic heterocycles. The summed E-state index contributed by atoms with van der Waals surface area (Å²) < 4.78 is 38.1. The van der Waals surface area contributed by atoms with E-state index in [0.717, 1.165) is 4.31 Å². The Morgan fingerprint density at radius 2 is 1.87 bits per heavy atom. The Bertz CT molecular complexity index is 1100. The molecule has 2 aliphatic rings. The van der Waals surface area contributed by atoms with E-state index in [1.165, 1.54) is 24.1 Å². The summed E-state index contributed by atoms with van der Waals surface area (Å²) in [5, 5.41) is 2.70. The molecule has 2 amide bonds. The van der Waals surface area contributed by atoms with Crippen molar-refractivity contribution in [3.63, 3.8) is 0 Å². The molecule has 0 saturated carbocycles. The average Bonchev–Trinajstić information content (AvgIpc) is 2.97. The minimum atomic E-state index is -3.96. The van der Waals surface area contributed by atoms with Gasteiger partial charge < -0.3 is 14.8 Å². The molecular weight excluding hydrogens is 410 g/mol. The van der Waals surface area contributed by atoms with Crippen molar-refractivity contribution in [2.45, 2.75) is 11.3 Å². The van der Waals surface area contributed by atoms with Crippen LogP contribution in [0.1, 0.15) is 6.42 Å². The van der Waals surface area contributed by atoms with Crippen LogP contribution < -0.4 is 19.7 Å². The lowest BCUT2D eigenvalue weighted by atomic mass is 10.2. The molecule has 0 fully saturated rings. The Morgan fingerprint density at radius 3 is 2.67 bits per heavy atom. The Hall–Kier alpha value is -3.11. The molecule has 0 aromatic heterocycles. The second kappa shape index (κ2) is 7.96. The molecule has 9 nitrogen and oxygen atoms in total. The average molecular weight is 431 g/mol. The van der Waals surface area contributed by atoms with Gasteiger partial charge in [-0.05, 0) is 24.3 Å². The third kappa shape index (κ3) is 3.83. The highest BCUT2D eigenvalue weighted by Gasteiger charge is 2.31. The standard InChI is InChI=1S/C20H21N3O6S/c1-22(13-20(25)23-12-19(24)21-15-5-2-3-6-16(15)23)30(26,27)14-7-8-17-18(11-14)29-10-4-9-28-17/h2-3,5-8,11H,4,9-10,12-13H2,1H3,(H,21,24). The topological polar surface area (TPSA) is 105 Å². The smallest absolute Gasteiger partial charge is 0.244 e. The third-order valence-corrected chi connectivity index (χ3v) is 6.66. The van der Waals surface area contributed by atoms with Gasteiger partial charge in [-0.3, -0.25) is 14.5 Å². The highest BCUT2D eigenvalue weighted by molar-refractivity contribution is 7.89. The SMILES string of the molecule is CN(CC(=O)N1CC(=O)Nc2ccccc21)S(=O)(=O)c1ccc2c(c1)OCCCO2. The number of nitrogens with zero attached hydrogens (tertiary/aromatic N) is 2. The fourth-order valence-electron chi connectivity index (χ4n) is 3.30. The minimum absolute atomic E-state index is 0.00108. The molecular formula is C20H21N3O6S. The third-order valence-electron chi connectivity index (χ3n) is 4.86. The number of carbonyl (C=O) groups excluding carboxylic acids is 2. The van der Waals surface area contributed by atoms with E-state index in [4.69, 9.17) is 9.47 Å². The van der Waals surface area contributed by atoms with E-state index in [0.29, 0.717) is 42.5 Å². The number of para-hydroxylation sites is 2. The van der Waals surface area contributed by atoms with E-state index in [1.807, 2.05) is 0 Å². The maximum atomic E-state index is 13.0. The number of hydrogen-bond donors (Lipinski definition) is 1. The summed E-state index contributed by atoms with van der Waals surface area (Å²) in [4.78, 5) is 26.1. The van der Waals surface area contributed by atoms with Crippen LogP contribution in [0.2, 0.25) is 0 Å². The van der Waals surface area contributed by atoms with Crippen LogP contribution in [0.4, 0.5) is 11.4 Å². The number of anilines is 2. The Morgan fingerprint density at radius 1 is 1.13 bits per heavy atom. The number of benzene rings is 2. The second-order valence-corrected chi connectivity index (χ2v) is 9.01. The van der Waals surface area contributed by atoms with Gasteiger partial charge in [0.05, 0.1) is 36.0 Å². The highest BCUT2D eigenvalue weighted by atomic mass is 32.2. The van der Waals surface area contributed by atoms with E-state index in [1.54, 1.807) is 30.3 Å². The van der Waals surface area contributed by atoms with Crippen LogP contribution in [0, 0.1) is 0 Å². The van der Waals surface area contributed by atoms with Crippen molar-refractivity contribution in [3.05, 3.63) is 42.5 Å². The van der Waals surface area contributed by atoms with Gasteiger partial charge in [0.2, 0.25) is 21.8 Å². The lowest BCUT2D eigenvalue weighted by molar-refractivity contribution is -0.121. The van der Waals surface area contributed by atoms with Crippen molar-refractivity contribution < 1.29 is 27.5 Å². The van der Waals surface area contributed by atoms with Crippen molar-refractivity contribution in [1.29, 1.82) is 0 Å². The van der Waals surface area contributed by atoms with Gasteiger partial charge in [-0.1, -0.05) is 12.1 Å². The van der Waals surface area contributed by atoms with Crippen molar-refractivity contribution >= 4 is 33.2 Å². The molecule has 2 aromatic carbocycles. The van der Waals surface area contributed by atoms with Gasteiger partial charge in [-0.2, -0.15) is 4.31 Å². The van der Waals surface area contributed by atoms with Crippen LogP contribution >= 0.6 is 0 Å². The zero-order chi connectivity index (χ0) is 21.3. The molecule has 10 heteroatoms. The van der Waals surface area contributed by atoms with Crippen LogP contribution in [-0.2, 0) is 19.6 Å². The molecule has 0 radical (unpaired) electrons. The van der Waals surface area contributed by atoms with Crippen molar-refractivity contribution in [1.82, 2.24) is 4.31 Å². The molecule has 0 atom stereocenters. The van der Waals surface area contributed by atoms with Crippen molar-refractivity contribution in [3.8, 4) is 11.5 Å². The number of likely N-dealkylation sites (N-methyl/N-ethyl adjacent to an activating group) is 1. The maximum absolute atomic E-state index is 13.0. The molecule has 0 aliphatic carbocycles. The van der Waals surface area contributed by atoms with Crippen LogP contribution in [0.15, 0.2) is 47.4 Å². The fourth-order valence-corrected chi connectivity index (χ4v) is 4.44. The second-order valence-electron chi connectivity index (χ2n) is 6.97. The molecule has 158 valence electrons. The predicted octanol–water partition coefficient (Wildman–Crippen LogP) is 1.45. The summed E-state index contributed by atoms with van der Waals surface area (Å²) in [6, 6.07) is 11.3. The van der Waals surface area contributed by atoms with E-state index >= 15 is 0 Å². The summed E-state index contributed by atoms with van der Waals surface area (Å²) >= 11 is 0. The molecule has 0 unspecified atom stereocenters. The van der Waals surface area contributed by atoms with Crippen LogP contribution in [0.3, 0.4) is 0 Å². The Balaban J connectivity index is 1.55. The summed E-state index contributed by atoms with van der Waals surface area (Å²) in [5.74, 6) is 0.00391. The van der Waals surface area contributed by atoms with Gasteiger partial charge in [0.15, 0.2) is 11.5 Å². The first-order valence-electron chi connectivity index (χ1n) is 9.41. The lowest BCUT2D eigenvalue weighted by Crippen LogP contribution is -2.46. The Labute approximate surface area is 174 Å². The molecule has 0 saturated heterocycles. The zero-order valence-corrected chi connectivity index (χ0v) is 17.1. The Kier molecular flexibility index (Phi) is 5.35. The fraction of sp³-hybridized carbons (Fsp3) is 0.300. The molecule has 1 N–H and O–H groups in total. The van der Waals surface area contributed by atoms with Gasteiger partial charge in [-0.15, -0.1) is 0 Å². The normalized spacial score (nSPS) is 15.9. The van der Waals surface area contributed by atoms with Crippen LogP contribution in [-0.4, -0.2) is 57.9 Å². The van der Waals surface area contributed by atoms with E-state index in [-0.39, 0.29) is 17.3 Å². The molecule has 30 heavy (non-hydrogen) atoms. The number of amides is 2. The van der Waals surface area contributed by atoms with Crippen molar-refractivity contribution in [2.75, 3.05) is 43.6 Å². The summed E-state index contributed by atoms with van der Waals surface area (Å²) in [6.45, 7) is 0.339. The van der Waals surface area contributed by atoms with Gasteiger partial charge in [0.1, 0.15) is 6.54 Å². The lowest BCUT2D eigenvalue weighted by Gasteiger charge is -2.30. The maximum Gasteiger partial charge on any atom is 0.244 e. The summed E-state index contributed by atoms with van der Waals surface area (Å²) in [7, 11) is -2.63. The first kappa shape index (κ1) is 20.2. The zero-order valence-electron chi connectivity index (χ0n) is 16.3. The monoisotopic (exact) mass is 431 g/mol. The number of sulfonamides is 1. The highest BCUT2D eigenvalue weighted by Crippen LogP contribution is 2.33. The van der Waals surface area contributed by atoms with E-state index in [2.05, 4.69) is 5.32 Å². The largest absolute Gasteiger partial charge is 0.490 e. The molecule has 2 aromatic rings. The number of hydrogen-bond acceptors (Lipinski definition) is 6. The summed E-state index contributed by atoms with van der Waals surface area (Å²) in [6.07, 6.45) is 0.704. The van der Waals surface area contributed by atoms with Gasteiger partial charge >= 0.3 is 0 Å². The van der Waals surface area contributed by atoms with Crippen LogP contribution in [0.5, 0.6) is 11.5 Å². The number of nitrogens with one attached hydrogen (secondary N) is 1. The quantitative estimate of drug-likeness (QED) is 0.786. The molecule has 0 spiro atoms. The number of carbonyl (C=O) groups is 2. The van der Waals surface area contributed by atoms with Crippen molar-refractivity contribution in [2.24, 2.45) is 0 Å².